The molecule has 1 aliphatic rings. The molecule has 0 radical (unpaired) electrons. The van der Waals surface area contributed by atoms with Gasteiger partial charge in [-0.2, -0.15) is 0 Å². The van der Waals surface area contributed by atoms with Crippen LogP contribution in [0.5, 0.6) is 0 Å². The number of urea groups is 1. The zero-order valence-corrected chi connectivity index (χ0v) is 13.4. The lowest BCUT2D eigenvalue weighted by molar-refractivity contribution is 0.233. The molecule has 0 bridgehead atoms. The normalized spacial score (nSPS) is 17.1. The fraction of sp³-hybridized carbons (Fsp3) is 0.467. The standard InChI is InChI=1S/C15H21N3OS/c1-9-6-10(2)12(11(3)7-9)16-13(19)18-8-15(4,5)17-14(18)20/h6-7H,8H2,1-5H3,(H,16,19)(H,17,20). The third-order valence-corrected chi connectivity index (χ3v) is 3.72. The van der Waals surface area contributed by atoms with Crippen LogP contribution >= 0.6 is 12.2 Å². The van der Waals surface area contributed by atoms with Gasteiger partial charge in [-0.25, -0.2) is 4.79 Å². The average Bonchev–Trinajstić information content (AvgIpc) is 2.57. The van der Waals surface area contributed by atoms with Crippen molar-refractivity contribution in [3.05, 3.63) is 28.8 Å². The molecule has 108 valence electrons. The summed E-state index contributed by atoms with van der Waals surface area (Å²) in [4.78, 5) is 14.0. The summed E-state index contributed by atoms with van der Waals surface area (Å²) in [5.41, 5.74) is 4.01. The van der Waals surface area contributed by atoms with Crippen LogP contribution in [0.3, 0.4) is 0 Å². The Morgan fingerprint density at radius 1 is 1.30 bits per heavy atom. The Hall–Kier alpha value is -1.62. The predicted octanol–water partition coefficient (Wildman–Crippen LogP) is 3.11. The molecule has 0 unspecified atom stereocenters. The minimum atomic E-state index is -0.178. The number of nitrogens with zero attached hydrogens (tertiary/aromatic N) is 1. The van der Waals surface area contributed by atoms with E-state index in [4.69, 9.17) is 12.2 Å². The van der Waals surface area contributed by atoms with Crippen LogP contribution in [-0.2, 0) is 0 Å². The van der Waals surface area contributed by atoms with E-state index < -0.39 is 0 Å². The summed E-state index contributed by atoms with van der Waals surface area (Å²) in [6.07, 6.45) is 0. The Morgan fingerprint density at radius 3 is 2.30 bits per heavy atom. The first kappa shape index (κ1) is 14.8. The maximum Gasteiger partial charge on any atom is 0.328 e. The first-order valence-corrected chi connectivity index (χ1v) is 7.09. The van der Waals surface area contributed by atoms with Crippen molar-refractivity contribution in [3.63, 3.8) is 0 Å². The van der Waals surface area contributed by atoms with Gasteiger partial charge in [-0.15, -0.1) is 0 Å². The molecule has 0 aliphatic carbocycles. The average molecular weight is 291 g/mol. The quantitative estimate of drug-likeness (QED) is 0.781. The molecule has 1 heterocycles. The Morgan fingerprint density at radius 2 is 1.85 bits per heavy atom. The van der Waals surface area contributed by atoms with Crippen LogP contribution in [0.15, 0.2) is 12.1 Å². The first-order chi connectivity index (χ1) is 9.19. The third-order valence-electron chi connectivity index (χ3n) is 3.40. The molecule has 0 saturated carbocycles. The van der Waals surface area contributed by atoms with Gasteiger partial charge in [0, 0.05) is 5.69 Å². The number of carbonyl (C=O) groups excluding carboxylic acids is 1. The molecule has 5 heteroatoms. The van der Waals surface area contributed by atoms with Gasteiger partial charge in [-0.05, 0) is 58.0 Å². The first-order valence-electron chi connectivity index (χ1n) is 6.68. The van der Waals surface area contributed by atoms with E-state index in [2.05, 4.69) is 22.8 Å². The summed E-state index contributed by atoms with van der Waals surface area (Å²) >= 11 is 5.22. The van der Waals surface area contributed by atoms with Gasteiger partial charge in [0.1, 0.15) is 0 Å². The summed E-state index contributed by atoms with van der Waals surface area (Å²) in [6.45, 7) is 10.7. The molecule has 2 rings (SSSR count). The molecule has 1 fully saturated rings. The van der Waals surface area contributed by atoms with Crippen LogP contribution in [0.4, 0.5) is 10.5 Å². The van der Waals surface area contributed by atoms with E-state index >= 15 is 0 Å². The smallest absolute Gasteiger partial charge is 0.328 e. The van der Waals surface area contributed by atoms with Gasteiger partial charge in [0.2, 0.25) is 0 Å². The van der Waals surface area contributed by atoms with E-state index in [1.807, 2.05) is 34.6 Å². The highest BCUT2D eigenvalue weighted by Gasteiger charge is 2.35. The van der Waals surface area contributed by atoms with Crippen LogP contribution in [0.25, 0.3) is 0 Å². The van der Waals surface area contributed by atoms with Crippen molar-refractivity contribution in [1.29, 1.82) is 0 Å². The van der Waals surface area contributed by atoms with Gasteiger partial charge >= 0.3 is 6.03 Å². The number of amides is 2. The van der Waals surface area contributed by atoms with Crippen molar-refractivity contribution in [2.24, 2.45) is 0 Å². The fourth-order valence-electron chi connectivity index (χ4n) is 2.58. The maximum atomic E-state index is 12.4. The van der Waals surface area contributed by atoms with Crippen LogP contribution in [0, 0.1) is 20.8 Å². The Labute approximate surface area is 125 Å². The molecule has 1 aromatic rings. The largest absolute Gasteiger partial charge is 0.355 e. The number of anilines is 1. The van der Waals surface area contributed by atoms with Crippen molar-refractivity contribution in [2.45, 2.75) is 40.2 Å². The summed E-state index contributed by atoms with van der Waals surface area (Å²) in [5.74, 6) is 0. The zero-order chi connectivity index (χ0) is 15.1. The predicted molar refractivity (Wildman–Crippen MR) is 86.2 cm³/mol. The highest BCUT2D eigenvalue weighted by Crippen LogP contribution is 2.23. The van der Waals surface area contributed by atoms with Crippen molar-refractivity contribution in [2.75, 3.05) is 11.9 Å². The number of rotatable bonds is 1. The van der Waals surface area contributed by atoms with Crippen molar-refractivity contribution >= 4 is 29.0 Å². The van der Waals surface area contributed by atoms with Gasteiger partial charge in [-0.3, -0.25) is 4.90 Å². The van der Waals surface area contributed by atoms with Crippen LogP contribution in [-0.4, -0.2) is 28.1 Å². The van der Waals surface area contributed by atoms with E-state index in [1.165, 1.54) is 5.56 Å². The molecule has 0 aromatic heterocycles. The van der Waals surface area contributed by atoms with Crippen molar-refractivity contribution in [1.82, 2.24) is 10.2 Å². The Balaban J connectivity index is 2.19. The molecule has 1 aliphatic heterocycles. The number of carbonyl (C=O) groups is 1. The van der Waals surface area contributed by atoms with Crippen LogP contribution in [0.2, 0.25) is 0 Å². The number of benzene rings is 1. The molecule has 1 saturated heterocycles. The lowest BCUT2D eigenvalue weighted by atomic mass is 10.1. The fourth-order valence-corrected chi connectivity index (χ4v) is 3.00. The molecular formula is C15H21N3OS. The molecular weight excluding hydrogens is 270 g/mol. The van der Waals surface area contributed by atoms with Gasteiger partial charge in [0.05, 0.1) is 12.1 Å². The molecule has 0 spiro atoms. The highest BCUT2D eigenvalue weighted by molar-refractivity contribution is 7.80. The molecule has 2 N–H and O–H groups in total. The lowest BCUT2D eigenvalue weighted by Crippen LogP contribution is -2.37. The van der Waals surface area contributed by atoms with Gasteiger partial charge in [-0.1, -0.05) is 17.7 Å². The SMILES string of the molecule is Cc1cc(C)c(NC(=O)N2CC(C)(C)NC2=S)c(C)c1. The second-order valence-corrected chi connectivity index (χ2v) is 6.49. The van der Waals surface area contributed by atoms with Crippen molar-refractivity contribution in [3.8, 4) is 0 Å². The maximum absolute atomic E-state index is 12.4. The van der Waals surface area contributed by atoms with E-state index in [-0.39, 0.29) is 11.6 Å². The zero-order valence-electron chi connectivity index (χ0n) is 12.6. The second kappa shape index (κ2) is 5.05. The van der Waals surface area contributed by atoms with E-state index in [9.17, 15) is 4.79 Å². The summed E-state index contributed by atoms with van der Waals surface area (Å²) in [6, 6.07) is 3.95. The highest BCUT2D eigenvalue weighted by atomic mass is 32.1. The lowest BCUT2D eigenvalue weighted by Gasteiger charge is -2.19. The summed E-state index contributed by atoms with van der Waals surface area (Å²) < 4.78 is 0. The molecule has 4 nitrogen and oxygen atoms in total. The van der Waals surface area contributed by atoms with E-state index in [1.54, 1.807) is 4.90 Å². The minimum Gasteiger partial charge on any atom is -0.355 e. The summed E-state index contributed by atoms with van der Waals surface area (Å²) in [5, 5.41) is 6.60. The molecule has 0 atom stereocenters. The third kappa shape index (κ3) is 2.93. The van der Waals surface area contributed by atoms with Crippen LogP contribution in [0.1, 0.15) is 30.5 Å². The number of hydrogen-bond acceptors (Lipinski definition) is 2. The van der Waals surface area contributed by atoms with Crippen molar-refractivity contribution < 1.29 is 4.79 Å². The molecule has 20 heavy (non-hydrogen) atoms. The topological polar surface area (TPSA) is 44.4 Å². The number of aryl methyl sites for hydroxylation is 3. The number of thiocarbonyl (C=S) groups is 1. The van der Waals surface area contributed by atoms with E-state index in [0.717, 1.165) is 16.8 Å². The van der Waals surface area contributed by atoms with Gasteiger partial charge < -0.3 is 10.6 Å². The van der Waals surface area contributed by atoms with Gasteiger partial charge in [0.15, 0.2) is 5.11 Å². The van der Waals surface area contributed by atoms with Crippen LogP contribution < -0.4 is 10.6 Å². The van der Waals surface area contributed by atoms with Gasteiger partial charge in [0.25, 0.3) is 0 Å². The number of nitrogens with one attached hydrogen (secondary N) is 2. The Kier molecular flexibility index (Phi) is 3.73. The molecule has 2 amide bonds. The second-order valence-electron chi connectivity index (χ2n) is 6.10. The minimum absolute atomic E-state index is 0.175. The monoisotopic (exact) mass is 291 g/mol. The number of hydrogen-bond donors (Lipinski definition) is 2. The molecule has 1 aromatic carbocycles. The van der Waals surface area contributed by atoms with E-state index in [0.29, 0.717) is 11.7 Å². The summed E-state index contributed by atoms with van der Waals surface area (Å²) in [7, 11) is 0. The Bertz CT molecular complexity index is 557.